The lowest BCUT2D eigenvalue weighted by Gasteiger charge is -2.08. The zero-order valence-corrected chi connectivity index (χ0v) is 12.0. The van der Waals surface area contributed by atoms with Crippen molar-refractivity contribution in [1.29, 1.82) is 0 Å². The van der Waals surface area contributed by atoms with Crippen molar-refractivity contribution in [2.75, 3.05) is 0 Å². The number of para-hydroxylation sites is 1. The molecule has 0 amide bonds. The molecule has 0 saturated heterocycles. The van der Waals surface area contributed by atoms with Crippen LogP contribution in [0.2, 0.25) is 5.02 Å². The first-order chi connectivity index (χ1) is 9.88. The highest BCUT2D eigenvalue weighted by Crippen LogP contribution is 2.32. The predicted octanol–water partition coefficient (Wildman–Crippen LogP) is 5.36. The van der Waals surface area contributed by atoms with Crippen molar-refractivity contribution in [2.24, 2.45) is 0 Å². The highest BCUT2D eigenvalue weighted by atomic mass is 35.5. The standard InChI is InChI=1S/C14H8ClF3N2S/c15-9-3-1-2-4-11(9)20-12-6-5-8(14(16,17)18)7-10(12)19-13(20)21/h1-7H,(H,19,21). The summed E-state index contributed by atoms with van der Waals surface area (Å²) in [7, 11) is 0. The van der Waals surface area contributed by atoms with Gasteiger partial charge in [0, 0.05) is 0 Å². The van der Waals surface area contributed by atoms with Crippen molar-refractivity contribution >= 4 is 34.9 Å². The van der Waals surface area contributed by atoms with Gasteiger partial charge in [0.2, 0.25) is 0 Å². The molecule has 0 radical (unpaired) electrons. The molecule has 0 aliphatic rings. The zero-order chi connectivity index (χ0) is 15.2. The number of imidazole rings is 1. The van der Waals surface area contributed by atoms with Crippen LogP contribution < -0.4 is 0 Å². The average molecular weight is 329 g/mol. The van der Waals surface area contributed by atoms with Crippen LogP contribution in [0, 0.1) is 4.77 Å². The number of aromatic amines is 1. The molecule has 0 atom stereocenters. The van der Waals surface area contributed by atoms with Gasteiger partial charge in [-0.1, -0.05) is 23.7 Å². The van der Waals surface area contributed by atoms with Gasteiger partial charge in [-0.25, -0.2) is 0 Å². The number of fused-ring (bicyclic) bond motifs is 1. The first kappa shape index (κ1) is 14.2. The number of H-pyrrole nitrogens is 1. The van der Waals surface area contributed by atoms with Crippen LogP contribution in [0.15, 0.2) is 42.5 Å². The van der Waals surface area contributed by atoms with Gasteiger partial charge in [0.15, 0.2) is 4.77 Å². The fourth-order valence-corrected chi connectivity index (χ4v) is 2.69. The Balaban J connectivity index is 2.29. The van der Waals surface area contributed by atoms with Crippen LogP contribution in [0.5, 0.6) is 0 Å². The van der Waals surface area contributed by atoms with Crippen molar-refractivity contribution in [3.05, 3.63) is 57.8 Å². The maximum Gasteiger partial charge on any atom is 0.416 e. The number of benzene rings is 2. The quantitative estimate of drug-likeness (QED) is 0.596. The second-order valence-electron chi connectivity index (χ2n) is 4.45. The molecular weight excluding hydrogens is 321 g/mol. The highest BCUT2D eigenvalue weighted by molar-refractivity contribution is 7.71. The summed E-state index contributed by atoms with van der Waals surface area (Å²) >= 11 is 11.3. The maximum atomic E-state index is 12.7. The van der Waals surface area contributed by atoms with Crippen LogP contribution in [0.4, 0.5) is 13.2 Å². The van der Waals surface area contributed by atoms with Gasteiger partial charge in [0.25, 0.3) is 0 Å². The molecule has 7 heteroatoms. The molecule has 21 heavy (non-hydrogen) atoms. The molecule has 0 aliphatic heterocycles. The van der Waals surface area contributed by atoms with E-state index in [9.17, 15) is 13.2 Å². The third-order valence-electron chi connectivity index (χ3n) is 3.10. The number of hydrogen-bond acceptors (Lipinski definition) is 1. The maximum absolute atomic E-state index is 12.7. The van der Waals surface area contributed by atoms with Gasteiger partial charge in [0.05, 0.1) is 27.3 Å². The van der Waals surface area contributed by atoms with E-state index in [-0.39, 0.29) is 4.77 Å². The third kappa shape index (κ3) is 2.45. The Kier molecular flexibility index (Phi) is 3.30. The van der Waals surface area contributed by atoms with E-state index in [4.69, 9.17) is 23.8 Å². The molecule has 3 aromatic rings. The van der Waals surface area contributed by atoms with Crippen molar-refractivity contribution in [3.8, 4) is 5.69 Å². The molecule has 1 heterocycles. The molecule has 3 rings (SSSR count). The Hall–Kier alpha value is -1.79. The molecule has 0 aliphatic carbocycles. The van der Waals surface area contributed by atoms with Crippen molar-refractivity contribution in [2.45, 2.75) is 6.18 Å². The molecule has 1 N–H and O–H groups in total. The summed E-state index contributed by atoms with van der Waals surface area (Å²) < 4.78 is 40.1. The topological polar surface area (TPSA) is 20.7 Å². The Bertz CT molecular complexity index is 880. The molecule has 0 unspecified atom stereocenters. The van der Waals surface area contributed by atoms with Crippen LogP contribution in [-0.4, -0.2) is 9.55 Å². The minimum atomic E-state index is -4.39. The molecule has 2 nitrogen and oxygen atoms in total. The van der Waals surface area contributed by atoms with E-state index >= 15 is 0 Å². The van der Waals surface area contributed by atoms with Gasteiger partial charge in [-0.05, 0) is 42.5 Å². The Morgan fingerprint density at radius 2 is 1.81 bits per heavy atom. The minimum Gasteiger partial charge on any atom is -0.330 e. The number of hydrogen-bond donors (Lipinski definition) is 1. The summed E-state index contributed by atoms with van der Waals surface area (Å²) in [5.74, 6) is 0. The monoisotopic (exact) mass is 328 g/mol. The number of nitrogens with one attached hydrogen (secondary N) is 1. The van der Waals surface area contributed by atoms with E-state index in [1.54, 1.807) is 28.8 Å². The van der Waals surface area contributed by atoms with Gasteiger partial charge in [-0.3, -0.25) is 4.57 Å². The third-order valence-corrected chi connectivity index (χ3v) is 3.71. The first-order valence-corrected chi connectivity index (χ1v) is 6.73. The van der Waals surface area contributed by atoms with Gasteiger partial charge in [0.1, 0.15) is 0 Å². The van der Waals surface area contributed by atoms with Crippen LogP contribution in [-0.2, 0) is 6.18 Å². The molecule has 0 fully saturated rings. The molecule has 1 aromatic heterocycles. The number of rotatable bonds is 1. The molecule has 0 saturated carbocycles. The molecule has 0 spiro atoms. The predicted molar refractivity (Wildman–Crippen MR) is 78.5 cm³/mol. The number of alkyl halides is 3. The molecule has 0 bridgehead atoms. The van der Waals surface area contributed by atoms with Crippen LogP contribution in [0.25, 0.3) is 16.7 Å². The second kappa shape index (κ2) is 4.89. The van der Waals surface area contributed by atoms with E-state index in [1.807, 2.05) is 0 Å². The molecular formula is C14H8ClF3N2S. The van der Waals surface area contributed by atoms with Crippen LogP contribution in [0.3, 0.4) is 0 Å². The summed E-state index contributed by atoms with van der Waals surface area (Å²) in [6.45, 7) is 0. The molecule has 2 aromatic carbocycles. The number of halogens is 4. The second-order valence-corrected chi connectivity index (χ2v) is 5.24. The Labute approximate surface area is 127 Å². The fraction of sp³-hybridized carbons (Fsp3) is 0.0714. The Morgan fingerprint density at radius 1 is 1.10 bits per heavy atom. The van der Waals surface area contributed by atoms with Gasteiger partial charge < -0.3 is 4.98 Å². The van der Waals surface area contributed by atoms with Crippen molar-refractivity contribution in [3.63, 3.8) is 0 Å². The van der Waals surface area contributed by atoms with Gasteiger partial charge in [-0.15, -0.1) is 0 Å². The summed E-state index contributed by atoms with van der Waals surface area (Å²) in [6, 6.07) is 10.5. The van der Waals surface area contributed by atoms with E-state index in [1.165, 1.54) is 6.07 Å². The minimum absolute atomic E-state index is 0.289. The van der Waals surface area contributed by atoms with Crippen LogP contribution >= 0.6 is 23.8 Å². The summed E-state index contributed by atoms with van der Waals surface area (Å²) in [4.78, 5) is 2.78. The van der Waals surface area contributed by atoms with E-state index in [0.717, 1.165) is 12.1 Å². The lowest BCUT2D eigenvalue weighted by Crippen LogP contribution is -2.04. The van der Waals surface area contributed by atoms with Gasteiger partial charge >= 0.3 is 6.18 Å². The van der Waals surface area contributed by atoms with Crippen molar-refractivity contribution < 1.29 is 13.2 Å². The first-order valence-electron chi connectivity index (χ1n) is 5.95. The lowest BCUT2D eigenvalue weighted by molar-refractivity contribution is -0.137. The smallest absolute Gasteiger partial charge is 0.330 e. The summed E-state index contributed by atoms with van der Waals surface area (Å²) in [5.41, 5.74) is 0.753. The fourth-order valence-electron chi connectivity index (χ4n) is 2.16. The Morgan fingerprint density at radius 3 is 2.48 bits per heavy atom. The van der Waals surface area contributed by atoms with Crippen molar-refractivity contribution in [1.82, 2.24) is 9.55 Å². The highest BCUT2D eigenvalue weighted by Gasteiger charge is 2.30. The van der Waals surface area contributed by atoms with E-state index in [2.05, 4.69) is 4.98 Å². The van der Waals surface area contributed by atoms with E-state index in [0.29, 0.717) is 21.7 Å². The van der Waals surface area contributed by atoms with E-state index < -0.39 is 11.7 Å². The normalized spacial score (nSPS) is 12.0. The van der Waals surface area contributed by atoms with Gasteiger partial charge in [-0.2, -0.15) is 13.2 Å². The largest absolute Gasteiger partial charge is 0.416 e. The number of nitrogens with zero attached hydrogens (tertiary/aromatic N) is 1. The zero-order valence-electron chi connectivity index (χ0n) is 10.4. The summed E-state index contributed by atoms with van der Waals surface area (Å²) in [6.07, 6.45) is -4.39. The number of aromatic nitrogens is 2. The lowest BCUT2D eigenvalue weighted by atomic mass is 10.2. The average Bonchev–Trinajstić information content (AvgIpc) is 2.73. The summed E-state index contributed by atoms with van der Waals surface area (Å²) in [5, 5.41) is 0.467. The van der Waals surface area contributed by atoms with Crippen LogP contribution in [0.1, 0.15) is 5.56 Å². The molecule has 108 valence electrons. The SMILES string of the molecule is FC(F)(F)c1ccc2c(c1)[nH]c(=S)n2-c1ccccc1Cl.